The summed E-state index contributed by atoms with van der Waals surface area (Å²) in [5, 5.41) is 5.00. The molecule has 0 bridgehead atoms. The standard InChI is InChI=1S/C17H17ClN4O2S/c1-21-9-14(18)16(20-21)17-15(12-5-3-2-4-6-12)19-11-22(17)13-7-8-25(23,24)10-13/h2-6,9,11,13H,7-8,10H2,1H3/t13-/m1/s1. The molecule has 0 N–H and O–H groups in total. The van der Waals surface area contributed by atoms with Gasteiger partial charge in [0.2, 0.25) is 0 Å². The van der Waals surface area contributed by atoms with Gasteiger partial charge in [-0.15, -0.1) is 0 Å². The first-order valence-corrected chi connectivity index (χ1v) is 10.2. The minimum absolute atomic E-state index is 0.120. The fourth-order valence-corrected chi connectivity index (χ4v) is 5.27. The van der Waals surface area contributed by atoms with Crippen molar-refractivity contribution in [2.75, 3.05) is 11.5 Å². The number of hydrogen-bond donors (Lipinski definition) is 0. The van der Waals surface area contributed by atoms with Crippen LogP contribution in [0.1, 0.15) is 12.5 Å². The highest BCUT2D eigenvalue weighted by atomic mass is 35.5. The van der Waals surface area contributed by atoms with Gasteiger partial charge in [0.15, 0.2) is 9.84 Å². The van der Waals surface area contributed by atoms with Crippen molar-refractivity contribution < 1.29 is 8.42 Å². The number of halogens is 1. The van der Waals surface area contributed by atoms with Crippen molar-refractivity contribution in [2.45, 2.75) is 12.5 Å². The minimum atomic E-state index is -3.01. The van der Waals surface area contributed by atoms with E-state index in [0.29, 0.717) is 17.1 Å². The molecular weight excluding hydrogens is 360 g/mol. The Balaban J connectivity index is 1.91. The first-order chi connectivity index (χ1) is 11.9. The van der Waals surface area contributed by atoms with Crippen molar-refractivity contribution in [3.63, 3.8) is 0 Å². The smallest absolute Gasteiger partial charge is 0.152 e. The quantitative estimate of drug-likeness (QED) is 0.704. The molecule has 8 heteroatoms. The van der Waals surface area contributed by atoms with Gasteiger partial charge in [-0.3, -0.25) is 4.68 Å². The van der Waals surface area contributed by atoms with E-state index in [9.17, 15) is 8.42 Å². The molecule has 3 heterocycles. The molecule has 4 rings (SSSR count). The lowest BCUT2D eigenvalue weighted by molar-refractivity contribution is 0.558. The van der Waals surface area contributed by atoms with E-state index in [2.05, 4.69) is 10.1 Å². The Morgan fingerprint density at radius 1 is 1.20 bits per heavy atom. The maximum Gasteiger partial charge on any atom is 0.152 e. The maximum atomic E-state index is 11.9. The summed E-state index contributed by atoms with van der Waals surface area (Å²) in [6.45, 7) is 0. The van der Waals surface area contributed by atoms with E-state index in [-0.39, 0.29) is 17.5 Å². The molecule has 1 aromatic carbocycles. The SMILES string of the molecule is Cn1cc(Cl)c(-c2c(-c3ccccc3)ncn2[C@@H]2CCS(=O)(=O)C2)n1. The predicted molar refractivity (Wildman–Crippen MR) is 97.2 cm³/mol. The first kappa shape index (κ1) is 16.4. The molecule has 1 aliphatic heterocycles. The molecule has 1 atom stereocenters. The van der Waals surface area contributed by atoms with Gasteiger partial charge in [-0.1, -0.05) is 41.9 Å². The molecule has 0 aliphatic carbocycles. The highest BCUT2D eigenvalue weighted by molar-refractivity contribution is 7.91. The number of aromatic nitrogens is 4. The number of imidazole rings is 1. The predicted octanol–water partition coefficient (Wildman–Crippen LogP) is 2.96. The molecule has 6 nitrogen and oxygen atoms in total. The molecule has 130 valence electrons. The van der Waals surface area contributed by atoms with Crippen molar-refractivity contribution >= 4 is 21.4 Å². The van der Waals surface area contributed by atoms with E-state index >= 15 is 0 Å². The second-order valence-electron chi connectivity index (χ2n) is 6.27. The van der Waals surface area contributed by atoms with E-state index in [1.54, 1.807) is 24.3 Å². The summed E-state index contributed by atoms with van der Waals surface area (Å²) in [4.78, 5) is 4.57. The summed E-state index contributed by atoms with van der Waals surface area (Å²) in [6.07, 6.45) is 4.01. The summed E-state index contributed by atoms with van der Waals surface area (Å²) in [6, 6.07) is 9.62. The van der Waals surface area contributed by atoms with Gasteiger partial charge in [0.1, 0.15) is 5.69 Å². The summed E-state index contributed by atoms with van der Waals surface area (Å²) in [5.41, 5.74) is 3.08. The van der Waals surface area contributed by atoms with Crippen molar-refractivity contribution in [3.05, 3.63) is 47.9 Å². The Morgan fingerprint density at radius 2 is 1.96 bits per heavy atom. The average Bonchev–Trinajstić information content (AvgIpc) is 3.24. The zero-order valence-corrected chi connectivity index (χ0v) is 15.2. The third-order valence-electron chi connectivity index (χ3n) is 4.45. The molecule has 0 saturated carbocycles. The Labute approximate surface area is 151 Å². The van der Waals surface area contributed by atoms with E-state index < -0.39 is 9.84 Å². The minimum Gasteiger partial charge on any atom is -0.325 e. The fraction of sp³-hybridized carbons (Fsp3) is 0.294. The fourth-order valence-electron chi connectivity index (χ4n) is 3.29. The van der Waals surface area contributed by atoms with Gasteiger partial charge in [0.05, 0.1) is 40.3 Å². The van der Waals surface area contributed by atoms with Crippen molar-refractivity contribution in [2.24, 2.45) is 7.05 Å². The Bertz CT molecular complexity index is 1020. The Hall–Kier alpha value is -2.12. The number of aryl methyl sites for hydroxylation is 1. The molecule has 0 spiro atoms. The molecule has 2 aromatic heterocycles. The lowest BCUT2D eigenvalue weighted by Gasteiger charge is -2.14. The molecule has 1 fully saturated rings. The second kappa shape index (κ2) is 6.00. The highest BCUT2D eigenvalue weighted by Gasteiger charge is 2.32. The largest absolute Gasteiger partial charge is 0.325 e. The third kappa shape index (κ3) is 2.98. The van der Waals surface area contributed by atoms with Crippen LogP contribution in [0.3, 0.4) is 0 Å². The van der Waals surface area contributed by atoms with Crippen LogP contribution < -0.4 is 0 Å². The van der Waals surface area contributed by atoms with Gasteiger partial charge >= 0.3 is 0 Å². The van der Waals surface area contributed by atoms with Crippen molar-refractivity contribution in [1.29, 1.82) is 0 Å². The van der Waals surface area contributed by atoms with Crippen LogP contribution in [0.2, 0.25) is 5.02 Å². The van der Waals surface area contributed by atoms with Crippen LogP contribution in [0.5, 0.6) is 0 Å². The molecule has 1 aliphatic rings. The first-order valence-electron chi connectivity index (χ1n) is 7.97. The summed E-state index contributed by atoms with van der Waals surface area (Å²) < 4.78 is 27.4. The number of benzene rings is 1. The van der Waals surface area contributed by atoms with Crippen LogP contribution in [0.4, 0.5) is 0 Å². The van der Waals surface area contributed by atoms with E-state index in [1.807, 2.05) is 34.9 Å². The topological polar surface area (TPSA) is 69.8 Å². The van der Waals surface area contributed by atoms with E-state index in [0.717, 1.165) is 17.0 Å². The van der Waals surface area contributed by atoms with Gasteiger partial charge in [-0.25, -0.2) is 13.4 Å². The van der Waals surface area contributed by atoms with Crippen LogP contribution in [0.15, 0.2) is 42.9 Å². The number of rotatable bonds is 3. The van der Waals surface area contributed by atoms with Gasteiger partial charge in [0, 0.05) is 18.8 Å². The van der Waals surface area contributed by atoms with E-state index in [4.69, 9.17) is 11.6 Å². The number of nitrogens with zero attached hydrogens (tertiary/aromatic N) is 4. The third-order valence-corrected chi connectivity index (χ3v) is 6.48. The summed E-state index contributed by atoms with van der Waals surface area (Å²) in [7, 11) is -1.21. The lowest BCUT2D eigenvalue weighted by atomic mass is 10.1. The molecular formula is C17H17ClN4O2S. The summed E-state index contributed by atoms with van der Waals surface area (Å²) >= 11 is 6.39. The molecule has 0 amide bonds. The molecule has 3 aromatic rings. The van der Waals surface area contributed by atoms with Gasteiger partial charge in [-0.2, -0.15) is 5.10 Å². The monoisotopic (exact) mass is 376 g/mol. The van der Waals surface area contributed by atoms with Crippen LogP contribution in [-0.4, -0.2) is 39.3 Å². The number of sulfone groups is 1. The Morgan fingerprint density at radius 3 is 2.56 bits per heavy atom. The van der Waals surface area contributed by atoms with Gasteiger partial charge in [0.25, 0.3) is 0 Å². The average molecular weight is 377 g/mol. The molecule has 25 heavy (non-hydrogen) atoms. The van der Waals surface area contributed by atoms with Crippen molar-refractivity contribution in [1.82, 2.24) is 19.3 Å². The number of hydrogen-bond acceptors (Lipinski definition) is 4. The highest BCUT2D eigenvalue weighted by Crippen LogP contribution is 2.38. The second-order valence-corrected chi connectivity index (χ2v) is 8.91. The van der Waals surface area contributed by atoms with Gasteiger partial charge < -0.3 is 4.57 Å². The Kier molecular flexibility index (Phi) is 3.92. The molecule has 0 unspecified atom stereocenters. The van der Waals surface area contributed by atoms with Crippen LogP contribution >= 0.6 is 11.6 Å². The summed E-state index contributed by atoms with van der Waals surface area (Å²) in [5.74, 6) is 0.320. The lowest BCUT2D eigenvalue weighted by Crippen LogP contribution is -2.11. The zero-order chi connectivity index (χ0) is 17.6. The molecule has 0 radical (unpaired) electrons. The van der Waals surface area contributed by atoms with Crippen molar-refractivity contribution in [3.8, 4) is 22.6 Å². The zero-order valence-electron chi connectivity index (χ0n) is 13.6. The normalized spacial score (nSPS) is 19.4. The van der Waals surface area contributed by atoms with Crippen LogP contribution in [0, 0.1) is 0 Å². The van der Waals surface area contributed by atoms with E-state index in [1.165, 1.54) is 0 Å². The van der Waals surface area contributed by atoms with Crippen LogP contribution in [0.25, 0.3) is 22.6 Å². The van der Waals surface area contributed by atoms with Gasteiger partial charge in [-0.05, 0) is 6.42 Å². The maximum absolute atomic E-state index is 11.9. The van der Waals surface area contributed by atoms with Crippen LogP contribution in [-0.2, 0) is 16.9 Å². The molecule has 1 saturated heterocycles.